The fourth-order valence-electron chi connectivity index (χ4n) is 3.84. The van der Waals surface area contributed by atoms with E-state index in [4.69, 9.17) is 0 Å². The molecule has 1 unspecified atom stereocenters. The highest BCUT2D eigenvalue weighted by Crippen LogP contribution is 2.16. The molecule has 0 amide bonds. The molecule has 2 aliphatic heterocycles. The van der Waals surface area contributed by atoms with Gasteiger partial charge in [-0.2, -0.15) is 0 Å². The molecule has 4 heteroatoms. The fraction of sp³-hybridized carbons (Fsp3) is 1.00. The lowest BCUT2D eigenvalue weighted by molar-refractivity contribution is 0.137. The zero-order chi connectivity index (χ0) is 15.2. The van der Waals surface area contributed by atoms with Gasteiger partial charge >= 0.3 is 0 Å². The van der Waals surface area contributed by atoms with Crippen LogP contribution in [0, 0.1) is 0 Å². The number of likely N-dealkylation sites (tertiary alicyclic amines) is 2. The highest BCUT2D eigenvalue weighted by molar-refractivity contribution is 4.82. The fourth-order valence-corrected chi connectivity index (χ4v) is 3.84. The molecule has 2 heterocycles. The maximum absolute atomic E-state index is 2.67. The summed E-state index contributed by atoms with van der Waals surface area (Å²) in [4.78, 5) is 10.2. The van der Waals surface area contributed by atoms with E-state index < -0.39 is 0 Å². The molecule has 0 spiro atoms. The molecule has 0 aromatic rings. The first-order chi connectivity index (χ1) is 10.1. The molecule has 2 rings (SSSR count). The van der Waals surface area contributed by atoms with E-state index >= 15 is 0 Å². The number of likely N-dealkylation sites (N-methyl/N-ethyl adjacent to an activating group) is 2. The van der Waals surface area contributed by atoms with Gasteiger partial charge in [0.25, 0.3) is 0 Å². The molecule has 0 N–H and O–H groups in total. The van der Waals surface area contributed by atoms with Crippen LogP contribution in [0.4, 0.5) is 0 Å². The lowest BCUT2D eigenvalue weighted by atomic mass is 10.0. The van der Waals surface area contributed by atoms with E-state index in [0.717, 1.165) is 12.1 Å². The summed E-state index contributed by atoms with van der Waals surface area (Å²) >= 11 is 0. The molecule has 0 aromatic carbocycles. The summed E-state index contributed by atoms with van der Waals surface area (Å²) in [6.07, 6.45) is 5.37. The Labute approximate surface area is 132 Å². The number of hydrogen-bond acceptors (Lipinski definition) is 4. The summed E-state index contributed by atoms with van der Waals surface area (Å²) in [6, 6.07) is 1.60. The van der Waals surface area contributed by atoms with Crippen molar-refractivity contribution in [3.8, 4) is 0 Å². The summed E-state index contributed by atoms with van der Waals surface area (Å²) in [7, 11) is 6.76. The topological polar surface area (TPSA) is 13.0 Å². The highest BCUT2D eigenvalue weighted by Gasteiger charge is 2.24. The first-order valence-electron chi connectivity index (χ1n) is 8.91. The average Bonchev–Trinajstić information content (AvgIpc) is 2.96. The molecular formula is C17H36N4. The molecule has 0 aromatic heterocycles. The standard InChI is InChI=1S/C17H36N4/c1-5-20-12-9-17(15-20)19(4)10-6-11-21-13-7-16(8-14-21)18(2)3/h16-17H,5-15H2,1-4H3. The maximum Gasteiger partial charge on any atom is 0.0232 e. The van der Waals surface area contributed by atoms with Crippen LogP contribution in [-0.4, -0.2) is 98.6 Å². The van der Waals surface area contributed by atoms with E-state index in [1.54, 1.807) is 0 Å². The van der Waals surface area contributed by atoms with E-state index in [-0.39, 0.29) is 0 Å². The molecule has 21 heavy (non-hydrogen) atoms. The second kappa shape index (κ2) is 8.47. The molecule has 1 atom stereocenters. The first kappa shape index (κ1) is 17.2. The Kier molecular flexibility index (Phi) is 6.93. The predicted octanol–water partition coefficient (Wildman–Crippen LogP) is 1.43. The lowest BCUT2D eigenvalue weighted by Crippen LogP contribution is -2.43. The minimum absolute atomic E-state index is 0.796. The molecule has 0 saturated carbocycles. The average molecular weight is 297 g/mol. The number of nitrogens with zero attached hydrogens (tertiary/aromatic N) is 4. The second-order valence-electron chi connectivity index (χ2n) is 7.21. The molecule has 124 valence electrons. The molecule has 2 aliphatic rings. The highest BCUT2D eigenvalue weighted by atomic mass is 15.2. The third kappa shape index (κ3) is 5.20. The van der Waals surface area contributed by atoms with Gasteiger partial charge < -0.3 is 19.6 Å². The molecule has 2 fully saturated rings. The van der Waals surface area contributed by atoms with Crippen molar-refractivity contribution in [2.75, 3.05) is 67.0 Å². The lowest BCUT2D eigenvalue weighted by Gasteiger charge is -2.35. The van der Waals surface area contributed by atoms with Gasteiger partial charge in [0.2, 0.25) is 0 Å². The van der Waals surface area contributed by atoms with Crippen molar-refractivity contribution < 1.29 is 0 Å². The normalized spacial score (nSPS) is 26.3. The minimum atomic E-state index is 0.796. The third-order valence-corrected chi connectivity index (χ3v) is 5.59. The molecular weight excluding hydrogens is 260 g/mol. The minimum Gasteiger partial charge on any atom is -0.306 e. The Morgan fingerprint density at radius 3 is 2.10 bits per heavy atom. The Balaban J connectivity index is 1.57. The SMILES string of the molecule is CCN1CCC(N(C)CCCN2CCC(N(C)C)CC2)C1. The second-order valence-corrected chi connectivity index (χ2v) is 7.21. The van der Waals surface area contributed by atoms with Crippen molar-refractivity contribution in [3.05, 3.63) is 0 Å². The summed E-state index contributed by atoms with van der Waals surface area (Å²) in [5.41, 5.74) is 0. The zero-order valence-corrected chi connectivity index (χ0v) is 14.7. The smallest absolute Gasteiger partial charge is 0.0232 e. The Morgan fingerprint density at radius 2 is 1.52 bits per heavy atom. The maximum atomic E-state index is 2.67. The molecule has 4 nitrogen and oxygen atoms in total. The van der Waals surface area contributed by atoms with E-state index in [0.29, 0.717) is 0 Å². The van der Waals surface area contributed by atoms with Gasteiger partial charge in [-0.25, -0.2) is 0 Å². The number of piperidine rings is 1. The van der Waals surface area contributed by atoms with Gasteiger partial charge in [0.1, 0.15) is 0 Å². The van der Waals surface area contributed by atoms with Crippen LogP contribution in [0.5, 0.6) is 0 Å². The Hall–Kier alpha value is -0.160. The van der Waals surface area contributed by atoms with Crippen LogP contribution >= 0.6 is 0 Å². The molecule has 0 radical (unpaired) electrons. The third-order valence-electron chi connectivity index (χ3n) is 5.59. The first-order valence-corrected chi connectivity index (χ1v) is 8.91. The van der Waals surface area contributed by atoms with Crippen LogP contribution in [0.3, 0.4) is 0 Å². The van der Waals surface area contributed by atoms with E-state index in [1.165, 1.54) is 71.5 Å². The summed E-state index contributed by atoms with van der Waals surface area (Å²) in [6.45, 7) is 11.2. The van der Waals surface area contributed by atoms with Crippen molar-refractivity contribution in [2.45, 2.75) is 44.7 Å². The Morgan fingerprint density at radius 1 is 0.905 bits per heavy atom. The van der Waals surface area contributed by atoms with Crippen LogP contribution in [0.2, 0.25) is 0 Å². The summed E-state index contributed by atoms with van der Waals surface area (Å²) < 4.78 is 0. The van der Waals surface area contributed by atoms with Gasteiger partial charge in [-0.05, 0) is 86.1 Å². The van der Waals surface area contributed by atoms with Crippen molar-refractivity contribution in [2.24, 2.45) is 0 Å². The van der Waals surface area contributed by atoms with Gasteiger partial charge in [-0.1, -0.05) is 6.92 Å². The van der Waals surface area contributed by atoms with E-state index in [2.05, 4.69) is 47.7 Å². The number of rotatable bonds is 7. The quantitative estimate of drug-likeness (QED) is 0.704. The van der Waals surface area contributed by atoms with Gasteiger partial charge in [0, 0.05) is 18.6 Å². The molecule has 2 saturated heterocycles. The van der Waals surface area contributed by atoms with Gasteiger partial charge in [-0.3, -0.25) is 0 Å². The summed E-state index contributed by atoms with van der Waals surface area (Å²) in [5.74, 6) is 0. The number of hydrogen-bond donors (Lipinski definition) is 0. The predicted molar refractivity (Wildman–Crippen MR) is 90.9 cm³/mol. The van der Waals surface area contributed by atoms with Crippen molar-refractivity contribution in [1.82, 2.24) is 19.6 Å². The van der Waals surface area contributed by atoms with Crippen LogP contribution in [0.15, 0.2) is 0 Å². The monoisotopic (exact) mass is 296 g/mol. The van der Waals surface area contributed by atoms with E-state index in [1.807, 2.05) is 0 Å². The van der Waals surface area contributed by atoms with Crippen LogP contribution in [-0.2, 0) is 0 Å². The zero-order valence-electron chi connectivity index (χ0n) is 14.7. The molecule has 0 bridgehead atoms. The van der Waals surface area contributed by atoms with Gasteiger partial charge in [0.15, 0.2) is 0 Å². The molecule has 0 aliphatic carbocycles. The van der Waals surface area contributed by atoms with Crippen molar-refractivity contribution in [1.29, 1.82) is 0 Å². The van der Waals surface area contributed by atoms with E-state index in [9.17, 15) is 0 Å². The van der Waals surface area contributed by atoms with Crippen molar-refractivity contribution >= 4 is 0 Å². The largest absolute Gasteiger partial charge is 0.306 e. The van der Waals surface area contributed by atoms with Crippen molar-refractivity contribution in [3.63, 3.8) is 0 Å². The van der Waals surface area contributed by atoms with Crippen LogP contribution < -0.4 is 0 Å². The Bertz CT molecular complexity index is 287. The summed E-state index contributed by atoms with van der Waals surface area (Å²) in [5, 5.41) is 0. The van der Waals surface area contributed by atoms with Gasteiger partial charge in [-0.15, -0.1) is 0 Å². The van der Waals surface area contributed by atoms with Gasteiger partial charge in [0.05, 0.1) is 0 Å². The van der Waals surface area contributed by atoms with Crippen LogP contribution in [0.1, 0.15) is 32.6 Å². The van der Waals surface area contributed by atoms with Crippen LogP contribution in [0.25, 0.3) is 0 Å².